The van der Waals surface area contributed by atoms with E-state index in [2.05, 4.69) is 20.2 Å². The molecule has 30 heavy (non-hydrogen) atoms. The topological polar surface area (TPSA) is 147 Å². The Morgan fingerprint density at radius 2 is 2.17 bits per heavy atom. The third kappa shape index (κ3) is 3.00. The van der Waals surface area contributed by atoms with Crippen LogP contribution >= 0.6 is 0 Å². The molecule has 0 radical (unpaired) electrons. The number of rotatable bonds is 7. The Morgan fingerprint density at radius 3 is 2.83 bits per heavy atom. The Hall–Kier alpha value is -4.02. The van der Waals surface area contributed by atoms with E-state index in [0.717, 1.165) is 16.9 Å². The van der Waals surface area contributed by atoms with E-state index in [0.29, 0.717) is 30.7 Å². The predicted molar refractivity (Wildman–Crippen MR) is 109 cm³/mol. The second kappa shape index (κ2) is 7.43. The molecular weight excluding hydrogens is 388 g/mol. The molecule has 0 bridgehead atoms. The number of fused-ring (bicyclic) bond motifs is 2. The van der Waals surface area contributed by atoms with Crippen LogP contribution < -0.4 is 15.2 Å². The summed E-state index contributed by atoms with van der Waals surface area (Å²) in [6, 6.07) is 5.01. The molecule has 4 N–H and O–H groups in total. The van der Waals surface area contributed by atoms with E-state index in [1.54, 1.807) is 18.2 Å². The van der Waals surface area contributed by atoms with Crippen LogP contribution in [0.15, 0.2) is 24.4 Å². The summed E-state index contributed by atoms with van der Waals surface area (Å²) in [5.74, 6) is 0.171. The second-order valence-electron chi connectivity index (χ2n) is 6.68. The summed E-state index contributed by atoms with van der Waals surface area (Å²) in [7, 11) is 0. The molecule has 0 fully saturated rings. The first-order valence-corrected chi connectivity index (χ1v) is 9.45. The lowest BCUT2D eigenvalue weighted by atomic mass is 10.2. The average Bonchev–Trinajstić information content (AvgIpc) is 3.31. The van der Waals surface area contributed by atoms with Gasteiger partial charge in [0.05, 0.1) is 24.8 Å². The van der Waals surface area contributed by atoms with Gasteiger partial charge in [-0.25, -0.2) is 23.9 Å². The minimum absolute atomic E-state index is 0.106. The number of H-pyrrole nitrogens is 1. The molecule has 0 aliphatic rings. The molecular formula is C19H21N8O3+. The summed E-state index contributed by atoms with van der Waals surface area (Å²) in [5, 5.41) is 16.0. The van der Waals surface area contributed by atoms with Gasteiger partial charge in [0.1, 0.15) is 12.1 Å². The number of aromatic nitrogens is 6. The number of carboxylic acids is 1. The van der Waals surface area contributed by atoms with E-state index in [9.17, 15) is 14.7 Å². The molecule has 11 heteroatoms. The SMILES string of the molecule is CCn1c(CN(C=O)c2nc3cn[nH]c3nc2N)[n+](CC)c2ccc(C(=O)O)cc21. The first kappa shape index (κ1) is 19.3. The molecule has 1 aromatic carbocycles. The van der Waals surface area contributed by atoms with Crippen LogP contribution in [0.4, 0.5) is 11.6 Å². The molecule has 0 saturated heterocycles. The van der Waals surface area contributed by atoms with Crippen molar-refractivity contribution < 1.29 is 19.3 Å². The summed E-state index contributed by atoms with van der Waals surface area (Å²) in [6.07, 6.45) is 2.17. The predicted octanol–water partition coefficient (Wildman–Crippen LogP) is 1.08. The molecule has 154 valence electrons. The van der Waals surface area contributed by atoms with Gasteiger partial charge >= 0.3 is 5.97 Å². The van der Waals surface area contributed by atoms with Crippen molar-refractivity contribution in [2.24, 2.45) is 0 Å². The van der Waals surface area contributed by atoms with Crippen LogP contribution in [-0.2, 0) is 24.4 Å². The number of aromatic amines is 1. The number of amides is 1. The molecule has 4 aromatic rings. The molecule has 3 aromatic heterocycles. The van der Waals surface area contributed by atoms with Crippen LogP contribution in [0.25, 0.3) is 22.2 Å². The molecule has 3 heterocycles. The Kier molecular flexibility index (Phi) is 4.78. The quantitative estimate of drug-likeness (QED) is 0.306. The van der Waals surface area contributed by atoms with Gasteiger partial charge < -0.3 is 10.8 Å². The van der Waals surface area contributed by atoms with Crippen LogP contribution in [0.2, 0.25) is 0 Å². The lowest BCUT2D eigenvalue weighted by Crippen LogP contribution is -2.40. The third-order valence-corrected chi connectivity index (χ3v) is 5.06. The number of hydrogen-bond acceptors (Lipinski definition) is 6. The zero-order valence-corrected chi connectivity index (χ0v) is 16.5. The van der Waals surface area contributed by atoms with Gasteiger partial charge in [0.15, 0.2) is 28.3 Å². The van der Waals surface area contributed by atoms with E-state index >= 15 is 0 Å². The van der Waals surface area contributed by atoms with Crippen LogP contribution in [0.5, 0.6) is 0 Å². The van der Waals surface area contributed by atoms with E-state index < -0.39 is 5.97 Å². The highest BCUT2D eigenvalue weighted by atomic mass is 16.4. The van der Waals surface area contributed by atoms with Crippen molar-refractivity contribution in [2.75, 3.05) is 10.6 Å². The van der Waals surface area contributed by atoms with E-state index in [1.807, 2.05) is 23.0 Å². The fourth-order valence-electron chi connectivity index (χ4n) is 3.71. The van der Waals surface area contributed by atoms with E-state index in [1.165, 1.54) is 11.1 Å². The van der Waals surface area contributed by atoms with Gasteiger partial charge in [0.25, 0.3) is 5.82 Å². The standard InChI is InChI=1S/C19H20N8O3/c1-3-26-13-6-5-11(19(29)30)7-14(13)27(4-2)15(26)9-25(10-28)18-16(20)23-17-12(22-18)8-21-24-17/h5-8,10H,3-4,9H2,1-2H3,(H3-,20,21,22,23,24,29,30)/p+1. The minimum Gasteiger partial charge on any atom is -0.478 e. The highest BCUT2D eigenvalue weighted by Gasteiger charge is 2.27. The van der Waals surface area contributed by atoms with Gasteiger partial charge in [0.2, 0.25) is 6.41 Å². The normalized spacial score (nSPS) is 11.3. The lowest BCUT2D eigenvalue weighted by molar-refractivity contribution is -0.676. The highest BCUT2D eigenvalue weighted by molar-refractivity contribution is 5.92. The first-order valence-electron chi connectivity index (χ1n) is 9.45. The molecule has 0 spiro atoms. The van der Waals surface area contributed by atoms with Crippen LogP contribution in [0.3, 0.4) is 0 Å². The Morgan fingerprint density at radius 1 is 1.37 bits per heavy atom. The summed E-state index contributed by atoms with van der Waals surface area (Å²) < 4.78 is 4.03. The zero-order valence-electron chi connectivity index (χ0n) is 16.5. The van der Waals surface area contributed by atoms with Gasteiger partial charge in [-0.3, -0.25) is 14.8 Å². The number of carbonyl (C=O) groups is 2. The number of carboxylic acid groups (broad SMARTS) is 1. The molecule has 4 rings (SSSR count). The lowest BCUT2D eigenvalue weighted by Gasteiger charge is -2.16. The largest absolute Gasteiger partial charge is 0.478 e. The number of benzene rings is 1. The highest BCUT2D eigenvalue weighted by Crippen LogP contribution is 2.24. The van der Waals surface area contributed by atoms with Gasteiger partial charge in [-0.2, -0.15) is 5.10 Å². The number of carbonyl (C=O) groups excluding carboxylic acids is 1. The number of aromatic carboxylic acids is 1. The van der Waals surface area contributed by atoms with Crippen molar-refractivity contribution in [1.29, 1.82) is 0 Å². The van der Waals surface area contributed by atoms with E-state index in [-0.39, 0.29) is 23.7 Å². The molecule has 0 saturated carbocycles. The number of imidazole rings is 1. The summed E-state index contributed by atoms with van der Waals surface area (Å²) >= 11 is 0. The van der Waals surface area contributed by atoms with Gasteiger partial charge in [-0.1, -0.05) is 0 Å². The molecule has 1 amide bonds. The minimum atomic E-state index is -0.990. The van der Waals surface area contributed by atoms with Crippen LogP contribution in [0, 0.1) is 0 Å². The van der Waals surface area contributed by atoms with Crippen LogP contribution in [-0.4, -0.2) is 42.2 Å². The van der Waals surface area contributed by atoms with Crippen molar-refractivity contribution in [2.45, 2.75) is 33.5 Å². The molecule has 0 aliphatic heterocycles. The smallest absolute Gasteiger partial charge is 0.335 e. The molecule has 0 atom stereocenters. The van der Waals surface area contributed by atoms with Crippen molar-refractivity contribution in [3.63, 3.8) is 0 Å². The Bertz CT molecular complexity index is 1280. The number of aryl methyl sites for hydroxylation is 2. The maximum absolute atomic E-state index is 12.0. The maximum atomic E-state index is 12.0. The maximum Gasteiger partial charge on any atom is 0.335 e. The van der Waals surface area contributed by atoms with Crippen molar-refractivity contribution in [1.82, 2.24) is 24.7 Å². The summed E-state index contributed by atoms with van der Waals surface area (Å²) in [5.41, 5.74) is 8.85. The van der Waals surface area contributed by atoms with Crippen molar-refractivity contribution >= 4 is 46.2 Å². The number of nitrogens with two attached hydrogens (primary N) is 1. The first-order chi connectivity index (χ1) is 14.5. The molecule has 11 nitrogen and oxygen atoms in total. The number of anilines is 2. The molecule has 0 aliphatic carbocycles. The summed E-state index contributed by atoms with van der Waals surface area (Å²) in [6.45, 7) is 5.37. The van der Waals surface area contributed by atoms with Crippen LogP contribution in [0.1, 0.15) is 30.0 Å². The number of nitrogens with zero attached hydrogens (tertiary/aromatic N) is 6. The number of hydrogen-bond donors (Lipinski definition) is 3. The van der Waals surface area contributed by atoms with Gasteiger partial charge in [-0.05, 0) is 26.0 Å². The molecule has 0 unspecified atom stereocenters. The number of nitrogen functional groups attached to an aromatic ring is 1. The van der Waals surface area contributed by atoms with Crippen molar-refractivity contribution in [3.8, 4) is 0 Å². The third-order valence-electron chi connectivity index (χ3n) is 5.06. The second-order valence-corrected chi connectivity index (χ2v) is 6.68. The van der Waals surface area contributed by atoms with Gasteiger partial charge in [0, 0.05) is 6.07 Å². The monoisotopic (exact) mass is 409 g/mol. The summed E-state index contributed by atoms with van der Waals surface area (Å²) in [4.78, 5) is 33.4. The van der Waals surface area contributed by atoms with Gasteiger partial charge in [-0.15, -0.1) is 0 Å². The number of nitrogens with one attached hydrogen (secondary N) is 1. The van der Waals surface area contributed by atoms with E-state index in [4.69, 9.17) is 5.73 Å². The van der Waals surface area contributed by atoms with Crippen molar-refractivity contribution in [3.05, 3.63) is 35.8 Å². The fraction of sp³-hybridized carbons (Fsp3) is 0.263. The average molecular weight is 409 g/mol. The Balaban J connectivity index is 1.85. The zero-order chi connectivity index (χ0) is 21.4. The fourth-order valence-corrected chi connectivity index (χ4v) is 3.71. The Labute approximate surface area is 170 Å².